The van der Waals surface area contributed by atoms with Crippen molar-refractivity contribution in [3.8, 4) is 11.4 Å². The van der Waals surface area contributed by atoms with E-state index in [4.69, 9.17) is 27.7 Å². The molecule has 5 nitrogen and oxygen atoms in total. The highest BCUT2D eigenvalue weighted by Crippen LogP contribution is 2.22. The summed E-state index contributed by atoms with van der Waals surface area (Å²) in [4.78, 5) is 16.3. The third-order valence-corrected chi connectivity index (χ3v) is 4.40. The average molecular weight is 390 g/mol. The summed E-state index contributed by atoms with van der Waals surface area (Å²) in [6.45, 7) is 2.18. The Morgan fingerprint density at radius 2 is 2.04 bits per heavy atom. The van der Waals surface area contributed by atoms with Gasteiger partial charge >= 0.3 is 0 Å². The topological polar surface area (TPSA) is 68.0 Å². The number of carbonyl (C=O) groups excluding carboxylic acids is 1. The molecule has 0 bridgehead atoms. The first-order valence-corrected chi connectivity index (χ1v) is 8.87. The maximum absolute atomic E-state index is 12.0. The van der Waals surface area contributed by atoms with Crippen molar-refractivity contribution in [3.63, 3.8) is 0 Å². The zero-order valence-corrected chi connectivity index (χ0v) is 15.6. The Labute approximate surface area is 161 Å². The van der Waals surface area contributed by atoms with Crippen LogP contribution < -0.4 is 5.32 Å². The number of amides is 1. The fraction of sp³-hybridized carbons (Fsp3) is 0.211. The molecule has 3 aromatic rings. The largest absolute Gasteiger partial charge is 0.347 e. The molecule has 1 aromatic heterocycles. The highest BCUT2D eigenvalue weighted by molar-refractivity contribution is 6.35. The molecule has 1 N–H and O–H groups in total. The summed E-state index contributed by atoms with van der Waals surface area (Å²) in [6, 6.07) is 13.1. The molecule has 0 radical (unpaired) electrons. The monoisotopic (exact) mass is 389 g/mol. The number of carbonyl (C=O) groups is 1. The molecular formula is C19H17Cl2N3O2. The Morgan fingerprint density at radius 3 is 2.81 bits per heavy atom. The SMILES string of the molecule is Cc1cccc(-c2noc(CNC(=O)CCc3ccc(Cl)cc3Cl)n2)c1. The molecule has 0 spiro atoms. The highest BCUT2D eigenvalue weighted by Gasteiger charge is 2.11. The van der Waals surface area contributed by atoms with Crippen LogP contribution in [-0.2, 0) is 17.8 Å². The van der Waals surface area contributed by atoms with E-state index in [9.17, 15) is 4.79 Å². The lowest BCUT2D eigenvalue weighted by molar-refractivity contribution is -0.121. The van der Waals surface area contributed by atoms with Crippen molar-refractivity contribution in [1.29, 1.82) is 0 Å². The van der Waals surface area contributed by atoms with E-state index in [0.717, 1.165) is 16.7 Å². The lowest BCUT2D eigenvalue weighted by atomic mass is 10.1. The van der Waals surface area contributed by atoms with E-state index in [1.54, 1.807) is 12.1 Å². The lowest BCUT2D eigenvalue weighted by Gasteiger charge is -2.05. The molecule has 26 heavy (non-hydrogen) atoms. The first kappa shape index (κ1) is 18.4. The second kappa shape index (κ2) is 8.34. The van der Waals surface area contributed by atoms with E-state index in [1.807, 2.05) is 37.3 Å². The number of hydrogen-bond donors (Lipinski definition) is 1. The number of hydrogen-bond acceptors (Lipinski definition) is 4. The van der Waals surface area contributed by atoms with Crippen LogP contribution in [-0.4, -0.2) is 16.0 Å². The van der Waals surface area contributed by atoms with Crippen LogP contribution in [0.1, 0.15) is 23.4 Å². The van der Waals surface area contributed by atoms with Gasteiger partial charge in [-0.2, -0.15) is 4.98 Å². The number of rotatable bonds is 6. The van der Waals surface area contributed by atoms with Crippen molar-refractivity contribution in [1.82, 2.24) is 15.5 Å². The molecule has 134 valence electrons. The van der Waals surface area contributed by atoms with Crippen molar-refractivity contribution in [2.45, 2.75) is 26.3 Å². The van der Waals surface area contributed by atoms with Crippen molar-refractivity contribution < 1.29 is 9.32 Å². The molecule has 0 saturated heterocycles. The van der Waals surface area contributed by atoms with Crippen molar-refractivity contribution in [2.75, 3.05) is 0 Å². The number of nitrogens with zero attached hydrogens (tertiary/aromatic N) is 2. The number of nitrogens with one attached hydrogen (secondary N) is 1. The molecule has 1 amide bonds. The maximum Gasteiger partial charge on any atom is 0.246 e. The number of halogens is 2. The Hall–Kier alpha value is -2.37. The first-order valence-electron chi connectivity index (χ1n) is 8.11. The molecule has 0 saturated carbocycles. The molecule has 0 unspecified atom stereocenters. The quantitative estimate of drug-likeness (QED) is 0.668. The summed E-state index contributed by atoms with van der Waals surface area (Å²) < 4.78 is 5.19. The van der Waals surface area contributed by atoms with Crippen molar-refractivity contribution in [2.24, 2.45) is 0 Å². The van der Waals surface area contributed by atoms with E-state index in [0.29, 0.717) is 34.6 Å². The van der Waals surface area contributed by atoms with Gasteiger partial charge < -0.3 is 9.84 Å². The van der Waals surface area contributed by atoms with Gasteiger partial charge in [-0.15, -0.1) is 0 Å². The molecule has 1 heterocycles. The summed E-state index contributed by atoms with van der Waals surface area (Å²) in [5.74, 6) is 0.747. The normalized spacial score (nSPS) is 10.7. The highest BCUT2D eigenvalue weighted by atomic mass is 35.5. The zero-order chi connectivity index (χ0) is 18.5. The minimum absolute atomic E-state index is 0.119. The maximum atomic E-state index is 12.0. The average Bonchev–Trinajstić information content (AvgIpc) is 3.08. The fourth-order valence-corrected chi connectivity index (χ4v) is 2.97. The molecule has 0 aliphatic heterocycles. The van der Waals surface area contributed by atoms with Crippen LogP contribution in [0.5, 0.6) is 0 Å². The Bertz CT molecular complexity index is 925. The van der Waals surface area contributed by atoms with Crippen LogP contribution >= 0.6 is 23.2 Å². The van der Waals surface area contributed by atoms with Crippen LogP contribution in [0.2, 0.25) is 10.0 Å². The van der Waals surface area contributed by atoms with Gasteiger partial charge in [0.1, 0.15) is 0 Å². The van der Waals surface area contributed by atoms with Crippen molar-refractivity contribution in [3.05, 3.63) is 69.5 Å². The van der Waals surface area contributed by atoms with Crippen LogP contribution in [0.25, 0.3) is 11.4 Å². The fourth-order valence-electron chi connectivity index (χ4n) is 2.46. The summed E-state index contributed by atoms with van der Waals surface area (Å²) >= 11 is 12.0. The predicted molar refractivity (Wildman–Crippen MR) is 101 cm³/mol. The molecule has 7 heteroatoms. The molecule has 0 aliphatic carbocycles. The molecule has 0 aliphatic rings. The van der Waals surface area contributed by atoms with Crippen LogP contribution in [0.3, 0.4) is 0 Å². The van der Waals surface area contributed by atoms with E-state index >= 15 is 0 Å². The van der Waals surface area contributed by atoms with E-state index < -0.39 is 0 Å². The van der Waals surface area contributed by atoms with Gasteiger partial charge in [0.25, 0.3) is 0 Å². The predicted octanol–water partition coefficient (Wildman–Crippen LogP) is 4.60. The van der Waals surface area contributed by atoms with Gasteiger partial charge in [0.15, 0.2) is 0 Å². The second-order valence-electron chi connectivity index (χ2n) is 5.89. The minimum Gasteiger partial charge on any atom is -0.347 e. The molecular weight excluding hydrogens is 373 g/mol. The van der Waals surface area contributed by atoms with Gasteiger partial charge in [-0.3, -0.25) is 4.79 Å². The smallest absolute Gasteiger partial charge is 0.246 e. The summed E-state index contributed by atoms with van der Waals surface area (Å²) in [7, 11) is 0. The van der Waals surface area contributed by atoms with Crippen molar-refractivity contribution >= 4 is 29.1 Å². The summed E-state index contributed by atoms with van der Waals surface area (Å²) in [5.41, 5.74) is 2.87. The number of aromatic nitrogens is 2. The summed E-state index contributed by atoms with van der Waals surface area (Å²) in [5, 5.41) is 7.86. The molecule has 0 atom stereocenters. The third kappa shape index (κ3) is 4.84. The standard InChI is InChI=1S/C19H17Cl2N3O2/c1-12-3-2-4-14(9-12)19-23-18(26-24-19)11-22-17(25)8-6-13-5-7-15(20)10-16(13)21/h2-5,7,9-10H,6,8,11H2,1H3,(H,22,25). The summed E-state index contributed by atoms with van der Waals surface area (Å²) in [6.07, 6.45) is 0.834. The van der Waals surface area contributed by atoms with Gasteiger partial charge in [-0.1, -0.05) is 58.2 Å². The molecule has 2 aromatic carbocycles. The lowest BCUT2D eigenvalue weighted by Crippen LogP contribution is -2.23. The van der Waals surface area contributed by atoms with Gasteiger partial charge in [0, 0.05) is 22.0 Å². The Balaban J connectivity index is 1.52. The Morgan fingerprint density at radius 1 is 1.19 bits per heavy atom. The van der Waals surface area contributed by atoms with E-state index in [1.165, 1.54) is 0 Å². The van der Waals surface area contributed by atoms with Gasteiger partial charge in [0.2, 0.25) is 17.6 Å². The van der Waals surface area contributed by atoms with Crippen LogP contribution in [0.4, 0.5) is 0 Å². The molecule has 3 rings (SSSR count). The first-order chi connectivity index (χ1) is 12.5. The van der Waals surface area contributed by atoms with Crippen LogP contribution in [0.15, 0.2) is 47.0 Å². The number of benzene rings is 2. The minimum atomic E-state index is -0.119. The molecule has 0 fully saturated rings. The van der Waals surface area contributed by atoms with Gasteiger partial charge in [-0.25, -0.2) is 0 Å². The number of aryl methyl sites for hydroxylation is 2. The second-order valence-corrected chi connectivity index (χ2v) is 6.74. The van der Waals surface area contributed by atoms with Gasteiger partial charge in [-0.05, 0) is 37.1 Å². The third-order valence-electron chi connectivity index (χ3n) is 3.82. The van der Waals surface area contributed by atoms with Crippen LogP contribution in [0, 0.1) is 6.92 Å². The van der Waals surface area contributed by atoms with E-state index in [2.05, 4.69) is 15.5 Å². The zero-order valence-electron chi connectivity index (χ0n) is 14.1. The van der Waals surface area contributed by atoms with E-state index in [-0.39, 0.29) is 12.5 Å². The van der Waals surface area contributed by atoms with Gasteiger partial charge in [0.05, 0.1) is 6.54 Å². The Kier molecular flexibility index (Phi) is 5.91.